The Hall–Kier alpha value is -0.260. The summed E-state index contributed by atoms with van der Waals surface area (Å²) in [6.45, 7) is 0. The van der Waals surface area contributed by atoms with Crippen LogP contribution in [0.2, 0.25) is 0 Å². The maximum Gasteiger partial charge on any atom is 0.106 e. The van der Waals surface area contributed by atoms with Gasteiger partial charge in [0, 0.05) is 27.0 Å². The van der Waals surface area contributed by atoms with Gasteiger partial charge in [-0.3, -0.25) is 0 Å². The molecule has 0 saturated heterocycles. The molecule has 18 heavy (non-hydrogen) atoms. The van der Waals surface area contributed by atoms with Crippen molar-refractivity contribution >= 4 is 50.6 Å². The smallest absolute Gasteiger partial charge is 0.106 e. The summed E-state index contributed by atoms with van der Waals surface area (Å²) in [6, 6.07) is 6.53. The summed E-state index contributed by atoms with van der Waals surface area (Å²) in [5.74, 6) is 0. The molecule has 2 rings (SSSR count). The predicted octanol–water partition coefficient (Wildman–Crippen LogP) is 3.78. The van der Waals surface area contributed by atoms with Crippen LogP contribution >= 0.6 is 39.9 Å². The van der Waals surface area contributed by atoms with E-state index < -0.39 is 0 Å². The number of anilines is 1. The quantitative estimate of drug-likeness (QED) is 0.815. The summed E-state index contributed by atoms with van der Waals surface area (Å²) >= 11 is 10.6. The van der Waals surface area contributed by atoms with E-state index >= 15 is 0 Å². The molecule has 1 aromatic carbocycles. The highest BCUT2D eigenvalue weighted by Gasteiger charge is 2.24. The van der Waals surface area contributed by atoms with Gasteiger partial charge in [-0.1, -0.05) is 28.1 Å². The van der Waals surface area contributed by atoms with Gasteiger partial charge in [0.2, 0.25) is 0 Å². The molecular weight excluding hydrogens is 328 g/mol. The lowest BCUT2D eigenvalue weighted by Crippen LogP contribution is -2.20. The second kappa shape index (κ2) is 6.26. The fourth-order valence-corrected chi connectivity index (χ4v) is 3.69. The van der Waals surface area contributed by atoms with E-state index in [1.165, 1.54) is 19.3 Å². The van der Waals surface area contributed by atoms with Crippen LogP contribution in [0.5, 0.6) is 0 Å². The molecule has 1 aliphatic carbocycles. The zero-order valence-electron chi connectivity index (χ0n) is 10.3. The minimum absolute atomic E-state index is 0.449. The van der Waals surface area contributed by atoms with Gasteiger partial charge >= 0.3 is 0 Å². The molecule has 2 unspecified atom stereocenters. The first-order valence-corrected chi connectivity index (χ1v) is 8.47. The van der Waals surface area contributed by atoms with Crippen molar-refractivity contribution in [3.8, 4) is 0 Å². The van der Waals surface area contributed by atoms with Gasteiger partial charge < -0.3 is 11.1 Å². The van der Waals surface area contributed by atoms with E-state index in [1.807, 2.05) is 23.9 Å². The van der Waals surface area contributed by atoms with Crippen LogP contribution in [-0.4, -0.2) is 22.5 Å². The molecule has 0 heterocycles. The Labute approximate surface area is 126 Å². The third-order valence-electron chi connectivity index (χ3n) is 3.32. The van der Waals surface area contributed by atoms with Crippen LogP contribution in [0.25, 0.3) is 0 Å². The highest BCUT2D eigenvalue weighted by atomic mass is 79.9. The van der Waals surface area contributed by atoms with Gasteiger partial charge in [-0.25, -0.2) is 0 Å². The zero-order valence-corrected chi connectivity index (χ0v) is 13.5. The van der Waals surface area contributed by atoms with Gasteiger partial charge in [0.05, 0.1) is 0 Å². The lowest BCUT2D eigenvalue weighted by atomic mass is 10.1. The van der Waals surface area contributed by atoms with Gasteiger partial charge in [-0.2, -0.15) is 11.8 Å². The van der Waals surface area contributed by atoms with Crippen molar-refractivity contribution in [1.82, 2.24) is 0 Å². The fraction of sp³-hybridized carbons (Fsp3) is 0.462. The molecule has 5 heteroatoms. The standard InChI is InChI=1S/C13H17BrN2S2/c1-18-10-4-3-9(7-10)16-12-6-8(14)2-5-11(12)13(15)17/h2,5-6,9-10,16H,3-4,7H2,1H3,(H2,15,17). The van der Waals surface area contributed by atoms with Gasteiger partial charge in [-0.05, 0) is 43.7 Å². The second-order valence-corrected chi connectivity index (χ2v) is 7.06. The summed E-state index contributed by atoms with van der Waals surface area (Å²) in [5.41, 5.74) is 7.74. The number of hydrogen-bond donors (Lipinski definition) is 2. The molecule has 0 bridgehead atoms. The molecule has 98 valence electrons. The minimum atomic E-state index is 0.449. The Balaban J connectivity index is 2.13. The molecular formula is C13H17BrN2S2. The molecule has 3 N–H and O–H groups in total. The number of nitrogens with one attached hydrogen (secondary N) is 1. The largest absolute Gasteiger partial charge is 0.389 e. The van der Waals surface area contributed by atoms with E-state index in [0.717, 1.165) is 21.0 Å². The van der Waals surface area contributed by atoms with Crippen molar-refractivity contribution in [3.05, 3.63) is 28.2 Å². The normalized spacial score (nSPS) is 23.0. The number of rotatable bonds is 4. The van der Waals surface area contributed by atoms with Gasteiger partial charge in [0.15, 0.2) is 0 Å². The van der Waals surface area contributed by atoms with E-state index in [-0.39, 0.29) is 0 Å². The lowest BCUT2D eigenvalue weighted by molar-refractivity contribution is 0.757. The second-order valence-electron chi connectivity index (χ2n) is 4.57. The van der Waals surface area contributed by atoms with Crippen LogP contribution in [-0.2, 0) is 0 Å². The third-order valence-corrected chi connectivity index (χ3v) is 5.13. The molecule has 2 nitrogen and oxygen atoms in total. The molecule has 1 fully saturated rings. The van der Waals surface area contributed by atoms with Crippen LogP contribution in [0.1, 0.15) is 24.8 Å². The van der Waals surface area contributed by atoms with E-state index in [2.05, 4.69) is 33.6 Å². The van der Waals surface area contributed by atoms with Crippen LogP contribution in [0.3, 0.4) is 0 Å². The summed E-state index contributed by atoms with van der Waals surface area (Å²) in [5, 5.41) is 4.37. The van der Waals surface area contributed by atoms with Gasteiger partial charge in [0.1, 0.15) is 4.99 Å². The topological polar surface area (TPSA) is 38.0 Å². The summed E-state index contributed by atoms with van der Waals surface area (Å²) in [6.07, 6.45) is 5.90. The SMILES string of the molecule is CSC1CCC(Nc2cc(Br)ccc2C(N)=S)C1. The maximum atomic E-state index is 5.76. The first-order chi connectivity index (χ1) is 8.60. The number of nitrogens with two attached hydrogens (primary N) is 1. The predicted molar refractivity (Wildman–Crippen MR) is 88.6 cm³/mol. The monoisotopic (exact) mass is 344 g/mol. The number of hydrogen-bond acceptors (Lipinski definition) is 3. The Kier molecular flexibility index (Phi) is 4.92. The van der Waals surface area contributed by atoms with Gasteiger partial charge in [0.25, 0.3) is 0 Å². The van der Waals surface area contributed by atoms with Crippen LogP contribution in [0.4, 0.5) is 5.69 Å². The fourth-order valence-electron chi connectivity index (χ4n) is 2.36. The van der Waals surface area contributed by atoms with E-state index in [9.17, 15) is 0 Å². The molecule has 1 aromatic rings. The summed E-state index contributed by atoms with van der Waals surface area (Å²) in [4.78, 5) is 0.449. The molecule has 0 spiro atoms. The van der Waals surface area contributed by atoms with Crippen LogP contribution in [0, 0.1) is 0 Å². The molecule has 1 saturated carbocycles. The molecule has 0 aliphatic heterocycles. The van der Waals surface area contributed by atoms with Crippen molar-refractivity contribution < 1.29 is 0 Å². The lowest BCUT2D eigenvalue weighted by Gasteiger charge is -2.17. The average molecular weight is 345 g/mol. The number of thioether (sulfide) groups is 1. The highest BCUT2D eigenvalue weighted by Crippen LogP contribution is 2.31. The third kappa shape index (κ3) is 3.39. The molecule has 2 atom stereocenters. The van der Waals surface area contributed by atoms with Crippen molar-refractivity contribution in [2.75, 3.05) is 11.6 Å². The van der Waals surface area contributed by atoms with Gasteiger partial charge in [-0.15, -0.1) is 0 Å². The Morgan fingerprint density at radius 2 is 2.28 bits per heavy atom. The van der Waals surface area contributed by atoms with Crippen molar-refractivity contribution in [1.29, 1.82) is 0 Å². The average Bonchev–Trinajstić information content (AvgIpc) is 2.76. The van der Waals surface area contributed by atoms with Crippen LogP contribution < -0.4 is 11.1 Å². The Bertz CT molecular complexity index is 451. The first kappa shape index (κ1) is 14.2. The number of thiocarbonyl (C=S) groups is 1. The molecule has 0 amide bonds. The zero-order chi connectivity index (χ0) is 13.1. The number of halogens is 1. The van der Waals surface area contributed by atoms with E-state index in [4.69, 9.17) is 18.0 Å². The summed E-state index contributed by atoms with van der Waals surface area (Å²) < 4.78 is 1.05. The van der Waals surface area contributed by atoms with Crippen LogP contribution in [0.15, 0.2) is 22.7 Å². The maximum absolute atomic E-state index is 5.76. The van der Waals surface area contributed by atoms with Crippen molar-refractivity contribution in [2.24, 2.45) is 5.73 Å². The van der Waals surface area contributed by atoms with Crippen molar-refractivity contribution in [2.45, 2.75) is 30.6 Å². The Morgan fingerprint density at radius 1 is 1.50 bits per heavy atom. The minimum Gasteiger partial charge on any atom is -0.389 e. The molecule has 1 aliphatic rings. The Morgan fingerprint density at radius 3 is 2.89 bits per heavy atom. The first-order valence-electron chi connectivity index (χ1n) is 5.99. The van der Waals surface area contributed by atoms with E-state index in [1.54, 1.807) is 0 Å². The summed E-state index contributed by atoms with van der Waals surface area (Å²) in [7, 11) is 0. The number of benzene rings is 1. The van der Waals surface area contributed by atoms with E-state index in [0.29, 0.717) is 11.0 Å². The molecule has 0 radical (unpaired) electrons. The molecule has 0 aromatic heterocycles. The highest BCUT2D eigenvalue weighted by molar-refractivity contribution is 9.10. The van der Waals surface area contributed by atoms with Crippen molar-refractivity contribution in [3.63, 3.8) is 0 Å².